The molecule has 2 atom stereocenters. The standard InChI is InChI=1S/C18H21N3O2/c1-11-7-19-18(21-8-14-15(9-21)16(14)10-22)20-17(11)12-3-5-13(23-2)6-4-12/h3-7,14-16,22H,8-10H2,1-2H3. The molecule has 1 aromatic carbocycles. The molecular weight excluding hydrogens is 290 g/mol. The molecule has 120 valence electrons. The van der Waals surface area contributed by atoms with Crippen molar-refractivity contribution in [2.45, 2.75) is 6.92 Å². The van der Waals surface area contributed by atoms with Crippen LogP contribution in [-0.4, -0.2) is 41.9 Å². The molecule has 2 unspecified atom stereocenters. The van der Waals surface area contributed by atoms with Crippen LogP contribution in [0.5, 0.6) is 5.75 Å². The maximum absolute atomic E-state index is 9.28. The van der Waals surface area contributed by atoms with Crippen LogP contribution < -0.4 is 9.64 Å². The van der Waals surface area contributed by atoms with Crippen LogP contribution in [0.2, 0.25) is 0 Å². The summed E-state index contributed by atoms with van der Waals surface area (Å²) < 4.78 is 5.22. The lowest BCUT2D eigenvalue weighted by Crippen LogP contribution is -2.26. The van der Waals surface area contributed by atoms with E-state index in [1.807, 2.05) is 37.4 Å². The number of aliphatic hydroxyl groups is 1. The van der Waals surface area contributed by atoms with Crippen molar-refractivity contribution in [3.63, 3.8) is 0 Å². The van der Waals surface area contributed by atoms with Gasteiger partial charge in [-0.05, 0) is 54.5 Å². The number of anilines is 1. The van der Waals surface area contributed by atoms with E-state index < -0.39 is 0 Å². The summed E-state index contributed by atoms with van der Waals surface area (Å²) in [6.45, 7) is 4.27. The first-order chi connectivity index (χ1) is 11.2. The highest BCUT2D eigenvalue weighted by Crippen LogP contribution is 2.51. The van der Waals surface area contributed by atoms with Gasteiger partial charge in [0.15, 0.2) is 0 Å². The average molecular weight is 311 g/mol. The Kier molecular flexibility index (Phi) is 3.45. The first-order valence-electron chi connectivity index (χ1n) is 8.05. The van der Waals surface area contributed by atoms with E-state index in [4.69, 9.17) is 9.72 Å². The van der Waals surface area contributed by atoms with Crippen LogP contribution in [0.1, 0.15) is 5.56 Å². The first kappa shape index (κ1) is 14.5. The number of rotatable bonds is 4. The minimum absolute atomic E-state index is 0.315. The molecule has 5 nitrogen and oxygen atoms in total. The summed E-state index contributed by atoms with van der Waals surface area (Å²) in [6.07, 6.45) is 1.90. The molecule has 0 spiro atoms. The van der Waals surface area contributed by atoms with Gasteiger partial charge in [0.05, 0.1) is 12.8 Å². The van der Waals surface area contributed by atoms with Crippen molar-refractivity contribution in [1.82, 2.24) is 9.97 Å². The summed E-state index contributed by atoms with van der Waals surface area (Å²) in [5.41, 5.74) is 3.11. The zero-order valence-electron chi connectivity index (χ0n) is 13.4. The number of aromatic nitrogens is 2. The van der Waals surface area contributed by atoms with Gasteiger partial charge in [0.25, 0.3) is 0 Å². The molecule has 2 heterocycles. The van der Waals surface area contributed by atoms with Crippen molar-refractivity contribution in [2.75, 3.05) is 31.7 Å². The number of methoxy groups -OCH3 is 1. The maximum Gasteiger partial charge on any atom is 0.225 e. The van der Waals surface area contributed by atoms with Gasteiger partial charge in [0.2, 0.25) is 5.95 Å². The van der Waals surface area contributed by atoms with Gasteiger partial charge in [-0.2, -0.15) is 0 Å². The lowest BCUT2D eigenvalue weighted by Gasteiger charge is -2.20. The molecule has 1 saturated carbocycles. The van der Waals surface area contributed by atoms with Crippen molar-refractivity contribution in [1.29, 1.82) is 0 Å². The van der Waals surface area contributed by atoms with E-state index in [-0.39, 0.29) is 0 Å². The Labute approximate surface area is 136 Å². The third kappa shape index (κ3) is 2.45. The Bertz CT molecular complexity index is 705. The summed E-state index contributed by atoms with van der Waals surface area (Å²) in [4.78, 5) is 11.6. The Morgan fingerprint density at radius 2 is 1.91 bits per heavy atom. The highest BCUT2D eigenvalue weighted by molar-refractivity contribution is 5.64. The summed E-state index contributed by atoms with van der Waals surface area (Å²) in [5.74, 6) is 3.38. The van der Waals surface area contributed by atoms with Crippen LogP contribution in [0.15, 0.2) is 30.5 Å². The van der Waals surface area contributed by atoms with Gasteiger partial charge in [0.1, 0.15) is 5.75 Å². The molecule has 0 bridgehead atoms. The van der Waals surface area contributed by atoms with Crippen LogP contribution >= 0.6 is 0 Å². The molecule has 2 aliphatic rings. The summed E-state index contributed by atoms with van der Waals surface area (Å²) in [7, 11) is 1.67. The van der Waals surface area contributed by atoms with E-state index in [1.165, 1.54) is 0 Å². The predicted molar refractivity (Wildman–Crippen MR) is 88.5 cm³/mol. The van der Waals surface area contributed by atoms with Gasteiger partial charge in [0, 0.05) is 31.5 Å². The molecule has 1 N–H and O–H groups in total. The second-order valence-electron chi connectivity index (χ2n) is 6.51. The second-order valence-corrected chi connectivity index (χ2v) is 6.51. The molecule has 2 fully saturated rings. The fourth-order valence-electron chi connectivity index (χ4n) is 3.71. The number of benzene rings is 1. The normalized spacial score (nSPS) is 25.3. The summed E-state index contributed by atoms with van der Waals surface area (Å²) in [6, 6.07) is 7.96. The van der Waals surface area contributed by atoms with Crippen molar-refractivity contribution >= 4 is 5.95 Å². The average Bonchev–Trinajstić information content (AvgIpc) is 3.06. The second kappa shape index (κ2) is 5.49. The molecule has 1 aliphatic heterocycles. The maximum atomic E-state index is 9.28. The number of ether oxygens (including phenoxy) is 1. The number of hydrogen-bond acceptors (Lipinski definition) is 5. The van der Waals surface area contributed by atoms with Gasteiger partial charge in [-0.1, -0.05) is 0 Å². The Morgan fingerprint density at radius 3 is 2.52 bits per heavy atom. The zero-order valence-corrected chi connectivity index (χ0v) is 13.4. The molecule has 2 aromatic rings. The smallest absolute Gasteiger partial charge is 0.225 e. The van der Waals surface area contributed by atoms with E-state index in [0.717, 1.165) is 41.6 Å². The fourth-order valence-corrected chi connectivity index (χ4v) is 3.71. The quantitative estimate of drug-likeness (QED) is 0.937. The number of nitrogens with zero attached hydrogens (tertiary/aromatic N) is 3. The number of aryl methyl sites for hydroxylation is 1. The largest absolute Gasteiger partial charge is 0.497 e. The molecule has 4 rings (SSSR count). The Hall–Kier alpha value is -2.14. The van der Waals surface area contributed by atoms with Crippen LogP contribution in [0.25, 0.3) is 11.3 Å². The lowest BCUT2D eigenvalue weighted by molar-refractivity contribution is 0.260. The number of piperidine rings is 1. The van der Waals surface area contributed by atoms with Crippen molar-refractivity contribution < 1.29 is 9.84 Å². The van der Waals surface area contributed by atoms with Gasteiger partial charge in [-0.15, -0.1) is 0 Å². The Balaban J connectivity index is 1.59. The van der Waals surface area contributed by atoms with E-state index in [0.29, 0.717) is 24.4 Å². The van der Waals surface area contributed by atoms with Gasteiger partial charge >= 0.3 is 0 Å². The number of fused-ring (bicyclic) bond motifs is 1. The van der Waals surface area contributed by atoms with Crippen molar-refractivity contribution in [3.05, 3.63) is 36.0 Å². The van der Waals surface area contributed by atoms with E-state index in [1.54, 1.807) is 7.11 Å². The molecule has 0 radical (unpaired) electrons. The topological polar surface area (TPSA) is 58.5 Å². The van der Waals surface area contributed by atoms with Crippen LogP contribution in [0, 0.1) is 24.7 Å². The highest BCUT2D eigenvalue weighted by Gasteiger charge is 2.55. The van der Waals surface area contributed by atoms with Crippen LogP contribution in [-0.2, 0) is 0 Å². The van der Waals surface area contributed by atoms with Crippen molar-refractivity contribution in [2.24, 2.45) is 17.8 Å². The SMILES string of the molecule is COc1ccc(-c2nc(N3CC4C(CO)C4C3)ncc2C)cc1. The van der Waals surface area contributed by atoms with Gasteiger partial charge in [-0.3, -0.25) is 0 Å². The van der Waals surface area contributed by atoms with E-state index in [2.05, 4.69) is 9.88 Å². The number of aliphatic hydroxyl groups excluding tert-OH is 1. The summed E-state index contributed by atoms with van der Waals surface area (Å²) >= 11 is 0. The molecule has 23 heavy (non-hydrogen) atoms. The Morgan fingerprint density at radius 1 is 1.22 bits per heavy atom. The molecule has 1 aromatic heterocycles. The van der Waals surface area contributed by atoms with E-state index in [9.17, 15) is 5.11 Å². The lowest BCUT2D eigenvalue weighted by atomic mass is 10.1. The minimum Gasteiger partial charge on any atom is -0.497 e. The van der Waals surface area contributed by atoms with Crippen LogP contribution in [0.4, 0.5) is 5.95 Å². The van der Waals surface area contributed by atoms with Crippen LogP contribution in [0.3, 0.4) is 0 Å². The highest BCUT2D eigenvalue weighted by atomic mass is 16.5. The third-order valence-corrected chi connectivity index (χ3v) is 5.19. The van der Waals surface area contributed by atoms with Gasteiger partial charge < -0.3 is 14.7 Å². The molecule has 5 heteroatoms. The van der Waals surface area contributed by atoms with E-state index >= 15 is 0 Å². The third-order valence-electron chi connectivity index (χ3n) is 5.19. The van der Waals surface area contributed by atoms with Gasteiger partial charge in [-0.25, -0.2) is 9.97 Å². The first-order valence-corrected chi connectivity index (χ1v) is 8.05. The predicted octanol–water partition coefficient (Wildman–Crippen LogP) is 2.14. The summed E-state index contributed by atoms with van der Waals surface area (Å²) in [5, 5.41) is 9.28. The van der Waals surface area contributed by atoms with Crippen molar-refractivity contribution in [3.8, 4) is 17.0 Å². The monoisotopic (exact) mass is 311 g/mol. The molecule has 1 aliphatic carbocycles. The molecule has 0 amide bonds. The fraction of sp³-hybridized carbons (Fsp3) is 0.444. The molecular formula is C18H21N3O2. The number of hydrogen-bond donors (Lipinski definition) is 1. The minimum atomic E-state index is 0.315. The molecule has 1 saturated heterocycles. The zero-order chi connectivity index (χ0) is 16.0.